The van der Waals surface area contributed by atoms with Crippen LogP contribution in [-0.4, -0.2) is 66.6 Å². The van der Waals surface area contributed by atoms with Gasteiger partial charge in [0.05, 0.1) is 0 Å². The highest BCUT2D eigenvalue weighted by Gasteiger charge is 2.23. The highest BCUT2D eigenvalue weighted by Crippen LogP contribution is 2.18. The van der Waals surface area contributed by atoms with Crippen LogP contribution in [0.15, 0.2) is 0 Å². The first-order valence-corrected chi connectivity index (χ1v) is 7.48. The zero-order chi connectivity index (χ0) is 14.7. The maximum Gasteiger partial charge on any atom is 0.132 e. The maximum atomic E-state index is 4.71. The lowest BCUT2D eigenvalue weighted by molar-refractivity contribution is 0.113. The Hall–Kier alpha value is -1.20. The monoisotopic (exact) mass is 277 g/mol. The van der Waals surface area contributed by atoms with Crippen molar-refractivity contribution in [1.82, 2.24) is 19.8 Å². The zero-order valence-electron chi connectivity index (χ0n) is 13.4. The van der Waals surface area contributed by atoms with Crippen LogP contribution in [0.3, 0.4) is 0 Å². The number of piperazine rings is 1. The molecule has 5 nitrogen and oxygen atoms in total. The van der Waals surface area contributed by atoms with Crippen LogP contribution in [0.25, 0.3) is 0 Å². The van der Waals surface area contributed by atoms with Crippen LogP contribution in [0.1, 0.15) is 24.0 Å². The lowest BCUT2D eigenvalue weighted by Crippen LogP contribution is -2.51. The summed E-state index contributed by atoms with van der Waals surface area (Å²) in [6.07, 6.45) is 1.88. The van der Waals surface area contributed by atoms with E-state index in [0.717, 1.165) is 49.8 Å². The van der Waals surface area contributed by atoms with Crippen LogP contribution in [0, 0.1) is 6.92 Å². The number of rotatable bonds is 4. The van der Waals surface area contributed by atoms with E-state index in [9.17, 15) is 0 Å². The van der Waals surface area contributed by atoms with E-state index in [1.807, 2.05) is 7.05 Å². The third-order valence-electron chi connectivity index (χ3n) is 4.25. The molecule has 0 saturated carbocycles. The second kappa shape index (κ2) is 6.50. The predicted octanol–water partition coefficient (Wildman–Crippen LogP) is 1.18. The fourth-order valence-corrected chi connectivity index (χ4v) is 2.91. The van der Waals surface area contributed by atoms with Gasteiger partial charge in [0, 0.05) is 50.4 Å². The van der Waals surface area contributed by atoms with Gasteiger partial charge in [-0.3, -0.25) is 0 Å². The summed E-state index contributed by atoms with van der Waals surface area (Å²) < 4.78 is 0. The van der Waals surface area contributed by atoms with Crippen LogP contribution in [0.5, 0.6) is 0 Å². The molecular formula is C15H27N5. The van der Waals surface area contributed by atoms with Crippen molar-refractivity contribution in [1.29, 1.82) is 0 Å². The molecule has 1 saturated heterocycles. The quantitative estimate of drug-likeness (QED) is 0.895. The minimum Gasteiger partial charge on any atom is -0.373 e. The minimum absolute atomic E-state index is 0.505. The molecular weight excluding hydrogens is 250 g/mol. The molecule has 1 aliphatic heterocycles. The molecule has 0 aliphatic carbocycles. The van der Waals surface area contributed by atoms with Crippen LogP contribution in [0.2, 0.25) is 0 Å². The largest absolute Gasteiger partial charge is 0.373 e. The second-order valence-corrected chi connectivity index (χ2v) is 5.76. The van der Waals surface area contributed by atoms with Crippen LogP contribution >= 0.6 is 0 Å². The highest BCUT2D eigenvalue weighted by molar-refractivity contribution is 5.46. The van der Waals surface area contributed by atoms with E-state index in [2.05, 4.69) is 43.1 Å². The molecule has 0 bridgehead atoms. The van der Waals surface area contributed by atoms with Gasteiger partial charge < -0.3 is 15.1 Å². The number of aryl methyl sites for hydroxylation is 1. The Kier molecular flexibility index (Phi) is 4.94. The number of nitrogens with one attached hydrogen (secondary N) is 1. The number of anilines is 1. The summed E-state index contributed by atoms with van der Waals surface area (Å²) in [5, 5.41) is 3.21. The summed E-state index contributed by atoms with van der Waals surface area (Å²) in [6, 6.07) is 0.505. The van der Waals surface area contributed by atoms with Crippen molar-refractivity contribution in [2.24, 2.45) is 0 Å². The molecule has 0 amide bonds. The minimum atomic E-state index is 0.505. The van der Waals surface area contributed by atoms with Gasteiger partial charge in [0.2, 0.25) is 0 Å². The summed E-state index contributed by atoms with van der Waals surface area (Å²) in [5.41, 5.74) is 2.33. The molecule has 0 spiro atoms. The van der Waals surface area contributed by atoms with Crippen LogP contribution in [-0.2, 0) is 12.8 Å². The van der Waals surface area contributed by atoms with Crippen LogP contribution < -0.4 is 5.32 Å². The Morgan fingerprint density at radius 3 is 2.65 bits per heavy atom. The molecule has 1 unspecified atom stereocenters. The van der Waals surface area contributed by atoms with Crippen LogP contribution in [0.4, 0.5) is 5.82 Å². The summed E-state index contributed by atoms with van der Waals surface area (Å²) >= 11 is 0. The van der Waals surface area contributed by atoms with Crippen molar-refractivity contribution in [3.05, 3.63) is 17.1 Å². The Morgan fingerprint density at radius 1 is 1.25 bits per heavy atom. The number of nitrogens with zero attached hydrogens (tertiary/aromatic N) is 4. The Bertz CT molecular complexity index is 460. The van der Waals surface area contributed by atoms with E-state index >= 15 is 0 Å². The molecule has 1 atom stereocenters. The van der Waals surface area contributed by atoms with Gasteiger partial charge in [-0.05, 0) is 27.4 Å². The number of likely N-dealkylation sites (N-methyl/N-ethyl adjacent to an activating group) is 2. The van der Waals surface area contributed by atoms with Crippen molar-refractivity contribution in [3.8, 4) is 0 Å². The molecule has 0 aromatic carbocycles. The standard InChI is InChI=1S/C15H27N5/c1-6-13-11(2)17-14(18-15(13)16-3)9-12-10-19(4)7-8-20(12)5/h12H,6-10H2,1-5H3,(H,16,17,18). The summed E-state index contributed by atoms with van der Waals surface area (Å²) in [7, 11) is 6.32. The normalized spacial score (nSPS) is 21.1. The van der Waals surface area contributed by atoms with Gasteiger partial charge in [0.1, 0.15) is 11.6 Å². The summed E-state index contributed by atoms with van der Waals surface area (Å²) in [5.74, 6) is 1.94. The van der Waals surface area contributed by atoms with Crippen molar-refractivity contribution < 1.29 is 0 Å². The van der Waals surface area contributed by atoms with Gasteiger partial charge in [0.15, 0.2) is 0 Å². The maximum absolute atomic E-state index is 4.71. The van der Waals surface area contributed by atoms with E-state index in [0.29, 0.717) is 6.04 Å². The summed E-state index contributed by atoms with van der Waals surface area (Å²) in [6.45, 7) is 7.58. The first-order valence-electron chi connectivity index (χ1n) is 7.48. The first kappa shape index (κ1) is 15.2. The van der Waals surface area contributed by atoms with Crippen molar-refractivity contribution in [2.45, 2.75) is 32.7 Å². The van der Waals surface area contributed by atoms with E-state index in [1.165, 1.54) is 5.56 Å². The Balaban J connectivity index is 2.18. The molecule has 1 aromatic heterocycles. The topological polar surface area (TPSA) is 44.3 Å². The van der Waals surface area contributed by atoms with Gasteiger partial charge in [-0.15, -0.1) is 0 Å². The van der Waals surface area contributed by atoms with Gasteiger partial charge in [-0.1, -0.05) is 6.92 Å². The molecule has 1 N–H and O–H groups in total. The SMILES string of the molecule is CCc1c(C)nc(CC2CN(C)CCN2C)nc1NC. The highest BCUT2D eigenvalue weighted by atomic mass is 15.3. The van der Waals surface area contributed by atoms with Crippen molar-refractivity contribution >= 4 is 5.82 Å². The third-order valence-corrected chi connectivity index (χ3v) is 4.25. The molecule has 1 aromatic rings. The van der Waals surface area contributed by atoms with Gasteiger partial charge in [-0.2, -0.15) is 0 Å². The molecule has 2 heterocycles. The molecule has 5 heteroatoms. The van der Waals surface area contributed by atoms with E-state index < -0.39 is 0 Å². The fraction of sp³-hybridized carbons (Fsp3) is 0.733. The third kappa shape index (κ3) is 3.27. The lowest BCUT2D eigenvalue weighted by atomic mass is 10.1. The fourth-order valence-electron chi connectivity index (χ4n) is 2.91. The smallest absolute Gasteiger partial charge is 0.132 e. The van der Waals surface area contributed by atoms with E-state index in [4.69, 9.17) is 9.97 Å². The van der Waals surface area contributed by atoms with Crippen molar-refractivity contribution in [3.63, 3.8) is 0 Å². The number of aromatic nitrogens is 2. The molecule has 0 radical (unpaired) electrons. The Morgan fingerprint density at radius 2 is 2.00 bits per heavy atom. The average Bonchev–Trinajstić information content (AvgIpc) is 2.42. The average molecular weight is 277 g/mol. The van der Waals surface area contributed by atoms with Gasteiger partial charge >= 0.3 is 0 Å². The first-order chi connectivity index (χ1) is 9.55. The molecule has 2 rings (SSSR count). The van der Waals surface area contributed by atoms with Gasteiger partial charge in [0.25, 0.3) is 0 Å². The lowest BCUT2D eigenvalue weighted by Gasteiger charge is -2.37. The molecule has 112 valence electrons. The van der Waals surface area contributed by atoms with E-state index in [-0.39, 0.29) is 0 Å². The number of hydrogen-bond donors (Lipinski definition) is 1. The Labute approximate surface area is 122 Å². The van der Waals surface area contributed by atoms with Gasteiger partial charge in [-0.25, -0.2) is 9.97 Å². The zero-order valence-corrected chi connectivity index (χ0v) is 13.4. The second-order valence-electron chi connectivity index (χ2n) is 5.76. The number of hydrogen-bond acceptors (Lipinski definition) is 5. The molecule has 20 heavy (non-hydrogen) atoms. The summed E-state index contributed by atoms with van der Waals surface area (Å²) in [4.78, 5) is 14.2. The van der Waals surface area contributed by atoms with E-state index in [1.54, 1.807) is 0 Å². The molecule has 1 aliphatic rings. The molecule has 1 fully saturated rings. The van der Waals surface area contributed by atoms with Crippen molar-refractivity contribution in [2.75, 3.05) is 46.1 Å². The predicted molar refractivity (Wildman–Crippen MR) is 83.3 cm³/mol.